The zero-order valence-electron chi connectivity index (χ0n) is 7.34. The first-order valence-electron chi connectivity index (χ1n) is 3.93. The normalized spacial score (nSPS) is 11.7. The fraction of sp³-hybridized carbons (Fsp3) is 0.400. The Bertz CT molecular complexity index is 268. The summed E-state index contributed by atoms with van der Waals surface area (Å²) >= 11 is 7.79. The minimum Gasteiger partial charge on any atom is -0.178 e. The predicted molar refractivity (Wildman–Crippen MR) is 61.0 cm³/mol. The van der Waals surface area contributed by atoms with Crippen LogP contribution in [-0.2, 0) is 5.41 Å². The molecule has 1 aromatic carbocycles. The first-order valence-corrected chi connectivity index (χ1v) is 5.36. The van der Waals surface area contributed by atoms with Gasteiger partial charge < -0.3 is 0 Å². The van der Waals surface area contributed by atoms with E-state index in [4.69, 9.17) is 0 Å². The molecule has 1 aromatic rings. The molecule has 0 spiro atoms. The molecular weight excluding hydrogens is 232 g/mol. The standard InChI is InChI=1S/C10H13BrS/c1-10(2,7-12)8-4-3-5-9(11)6-8/h3-6,12H,7H2,1-2H3. The molecule has 12 heavy (non-hydrogen) atoms. The lowest BCUT2D eigenvalue weighted by atomic mass is 9.87. The second kappa shape index (κ2) is 3.84. The number of hydrogen-bond acceptors (Lipinski definition) is 1. The highest BCUT2D eigenvalue weighted by Gasteiger charge is 2.17. The summed E-state index contributed by atoms with van der Waals surface area (Å²) in [4.78, 5) is 0. The average molecular weight is 245 g/mol. The molecule has 0 saturated heterocycles. The van der Waals surface area contributed by atoms with Crippen molar-refractivity contribution in [2.45, 2.75) is 19.3 Å². The van der Waals surface area contributed by atoms with Crippen LogP contribution in [0.5, 0.6) is 0 Å². The predicted octanol–water partition coefficient (Wildman–Crippen LogP) is 3.66. The third-order valence-corrected chi connectivity index (χ3v) is 3.29. The lowest BCUT2D eigenvalue weighted by Crippen LogP contribution is -2.18. The quantitative estimate of drug-likeness (QED) is 0.755. The van der Waals surface area contributed by atoms with Crippen molar-refractivity contribution in [1.82, 2.24) is 0 Å². The first kappa shape index (κ1) is 10.1. The lowest BCUT2D eigenvalue weighted by molar-refractivity contribution is 0.603. The van der Waals surface area contributed by atoms with Crippen LogP contribution in [0.1, 0.15) is 19.4 Å². The van der Waals surface area contributed by atoms with Crippen LogP contribution in [0.25, 0.3) is 0 Å². The molecule has 0 bridgehead atoms. The minimum absolute atomic E-state index is 0.160. The van der Waals surface area contributed by atoms with E-state index >= 15 is 0 Å². The van der Waals surface area contributed by atoms with Crippen molar-refractivity contribution in [2.75, 3.05) is 5.75 Å². The van der Waals surface area contributed by atoms with Crippen LogP contribution in [0.15, 0.2) is 28.7 Å². The van der Waals surface area contributed by atoms with Crippen LogP contribution in [0.4, 0.5) is 0 Å². The van der Waals surface area contributed by atoms with Crippen molar-refractivity contribution in [2.24, 2.45) is 0 Å². The van der Waals surface area contributed by atoms with Gasteiger partial charge in [-0.25, -0.2) is 0 Å². The third-order valence-electron chi connectivity index (χ3n) is 2.00. The van der Waals surface area contributed by atoms with Crippen LogP contribution in [0.2, 0.25) is 0 Å². The molecule has 0 fully saturated rings. The molecule has 2 heteroatoms. The van der Waals surface area contributed by atoms with Gasteiger partial charge in [0, 0.05) is 4.47 Å². The van der Waals surface area contributed by atoms with Crippen LogP contribution in [0, 0.1) is 0 Å². The summed E-state index contributed by atoms with van der Waals surface area (Å²) in [6.45, 7) is 4.39. The highest BCUT2D eigenvalue weighted by Crippen LogP contribution is 2.26. The Kier molecular flexibility index (Phi) is 3.24. The molecule has 0 aliphatic heterocycles. The van der Waals surface area contributed by atoms with Gasteiger partial charge >= 0.3 is 0 Å². The zero-order valence-corrected chi connectivity index (χ0v) is 9.82. The van der Waals surface area contributed by atoms with E-state index in [-0.39, 0.29) is 5.41 Å². The van der Waals surface area contributed by atoms with E-state index in [0.29, 0.717) is 0 Å². The van der Waals surface area contributed by atoms with Crippen molar-refractivity contribution in [3.63, 3.8) is 0 Å². The largest absolute Gasteiger partial charge is 0.178 e. The van der Waals surface area contributed by atoms with Crippen molar-refractivity contribution in [3.05, 3.63) is 34.3 Å². The highest BCUT2D eigenvalue weighted by atomic mass is 79.9. The van der Waals surface area contributed by atoms with Crippen molar-refractivity contribution >= 4 is 28.6 Å². The van der Waals surface area contributed by atoms with Crippen LogP contribution < -0.4 is 0 Å². The van der Waals surface area contributed by atoms with E-state index in [1.54, 1.807) is 0 Å². The van der Waals surface area contributed by atoms with E-state index in [1.807, 2.05) is 6.07 Å². The Labute approximate surface area is 87.9 Å². The number of benzene rings is 1. The van der Waals surface area contributed by atoms with E-state index in [2.05, 4.69) is 60.6 Å². The van der Waals surface area contributed by atoms with Gasteiger partial charge in [0.25, 0.3) is 0 Å². The summed E-state index contributed by atoms with van der Waals surface area (Å²) in [5, 5.41) is 0. The molecule has 0 aliphatic carbocycles. The van der Waals surface area contributed by atoms with Crippen molar-refractivity contribution in [1.29, 1.82) is 0 Å². The summed E-state index contributed by atoms with van der Waals surface area (Å²) in [6, 6.07) is 8.39. The maximum Gasteiger partial charge on any atom is 0.0178 e. The van der Waals surface area contributed by atoms with E-state index < -0.39 is 0 Å². The van der Waals surface area contributed by atoms with Gasteiger partial charge in [-0.2, -0.15) is 12.6 Å². The van der Waals surface area contributed by atoms with Crippen molar-refractivity contribution in [3.8, 4) is 0 Å². The Morgan fingerprint density at radius 3 is 2.58 bits per heavy atom. The fourth-order valence-corrected chi connectivity index (χ4v) is 1.58. The van der Waals surface area contributed by atoms with Gasteiger partial charge in [-0.15, -0.1) is 0 Å². The van der Waals surface area contributed by atoms with E-state index in [0.717, 1.165) is 10.2 Å². The Morgan fingerprint density at radius 1 is 1.42 bits per heavy atom. The van der Waals surface area contributed by atoms with Gasteiger partial charge in [0.15, 0.2) is 0 Å². The Morgan fingerprint density at radius 2 is 2.08 bits per heavy atom. The maximum atomic E-state index is 4.33. The molecule has 0 unspecified atom stereocenters. The molecule has 0 N–H and O–H groups in total. The monoisotopic (exact) mass is 244 g/mol. The minimum atomic E-state index is 0.160. The molecule has 0 heterocycles. The summed E-state index contributed by atoms with van der Waals surface area (Å²) in [6.07, 6.45) is 0. The average Bonchev–Trinajstić information content (AvgIpc) is 2.05. The molecule has 1 rings (SSSR count). The number of halogens is 1. The molecule has 0 aliphatic rings. The SMILES string of the molecule is CC(C)(CS)c1cccc(Br)c1. The van der Waals surface area contributed by atoms with Gasteiger partial charge in [0.1, 0.15) is 0 Å². The molecule has 66 valence electrons. The lowest BCUT2D eigenvalue weighted by Gasteiger charge is -2.22. The number of thiol groups is 1. The molecule has 0 atom stereocenters. The Hall–Kier alpha value is 0.0500. The summed E-state index contributed by atoms with van der Waals surface area (Å²) < 4.78 is 1.13. The maximum absolute atomic E-state index is 4.33. The smallest absolute Gasteiger partial charge is 0.0178 e. The van der Waals surface area contributed by atoms with Gasteiger partial charge in [-0.1, -0.05) is 41.9 Å². The molecule has 0 nitrogen and oxygen atoms in total. The van der Waals surface area contributed by atoms with E-state index in [1.165, 1.54) is 5.56 Å². The second-order valence-corrected chi connectivity index (χ2v) is 4.78. The van der Waals surface area contributed by atoms with Gasteiger partial charge in [-0.3, -0.25) is 0 Å². The van der Waals surface area contributed by atoms with Gasteiger partial charge in [0.05, 0.1) is 0 Å². The number of hydrogen-bond donors (Lipinski definition) is 1. The molecule has 0 amide bonds. The summed E-state index contributed by atoms with van der Waals surface area (Å²) in [7, 11) is 0. The molecule has 0 radical (unpaired) electrons. The van der Waals surface area contributed by atoms with Crippen LogP contribution in [-0.4, -0.2) is 5.75 Å². The van der Waals surface area contributed by atoms with Crippen molar-refractivity contribution < 1.29 is 0 Å². The van der Waals surface area contributed by atoms with Gasteiger partial charge in [-0.05, 0) is 28.9 Å². The zero-order chi connectivity index (χ0) is 9.19. The second-order valence-electron chi connectivity index (χ2n) is 3.55. The summed E-state index contributed by atoms with van der Waals surface area (Å²) in [5.74, 6) is 0.865. The van der Waals surface area contributed by atoms with Gasteiger partial charge in [0.2, 0.25) is 0 Å². The van der Waals surface area contributed by atoms with Crippen LogP contribution >= 0.6 is 28.6 Å². The topological polar surface area (TPSA) is 0 Å². The van der Waals surface area contributed by atoms with E-state index in [9.17, 15) is 0 Å². The first-order chi connectivity index (χ1) is 5.56. The highest BCUT2D eigenvalue weighted by molar-refractivity contribution is 9.10. The molecule has 0 saturated carbocycles. The van der Waals surface area contributed by atoms with Crippen LogP contribution in [0.3, 0.4) is 0 Å². The third kappa shape index (κ3) is 2.27. The fourth-order valence-electron chi connectivity index (χ4n) is 1.00. The Balaban J connectivity index is 3.03. The molecule has 0 aromatic heterocycles. The number of rotatable bonds is 2. The molecular formula is C10H13BrS. The summed E-state index contributed by atoms with van der Waals surface area (Å²) in [5.41, 5.74) is 1.49.